The Morgan fingerprint density at radius 3 is 2.85 bits per heavy atom. The van der Waals surface area contributed by atoms with E-state index in [0.29, 0.717) is 33.5 Å². The molecule has 0 spiro atoms. The SMILES string of the molecule is Cc1ccc(NC(=O)CSc2nc3c(oc4ccccc43)c(=O)n2Cc2cccs2)cc1Cl. The summed E-state index contributed by atoms with van der Waals surface area (Å²) in [4.78, 5) is 31.7. The number of para-hydroxylation sites is 1. The van der Waals surface area contributed by atoms with Gasteiger partial charge in [-0.05, 0) is 48.2 Å². The average Bonchev–Trinajstić information content (AvgIpc) is 3.45. The molecule has 0 saturated carbocycles. The number of halogens is 1. The number of nitrogens with one attached hydrogen (secondary N) is 1. The van der Waals surface area contributed by atoms with E-state index in [-0.39, 0.29) is 22.8 Å². The predicted octanol–water partition coefficient (Wildman–Crippen LogP) is 5.95. The van der Waals surface area contributed by atoms with E-state index >= 15 is 0 Å². The molecule has 0 aliphatic carbocycles. The van der Waals surface area contributed by atoms with Crippen LogP contribution in [0, 0.1) is 6.92 Å². The van der Waals surface area contributed by atoms with E-state index in [1.807, 2.05) is 54.8 Å². The van der Waals surface area contributed by atoms with Crippen LogP contribution in [0.3, 0.4) is 0 Å². The molecule has 3 heterocycles. The zero-order valence-corrected chi connectivity index (χ0v) is 19.9. The monoisotopic (exact) mass is 495 g/mol. The summed E-state index contributed by atoms with van der Waals surface area (Å²) >= 11 is 8.93. The molecule has 0 radical (unpaired) electrons. The number of fused-ring (bicyclic) bond motifs is 3. The maximum atomic E-state index is 13.4. The number of thioether (sulfide) groups is 1. The number of aromatic nitrogens is 2. The first-order chi connectivity index (χ1) is 16.0. The number of amides is 1. The molecule has 5 aromatic rings. The largest absolute Gasteiger partial charge is 0.448 e. The Balaban J connectivity index is 1.48. The number of hydrogen-bond donors (Lipinski definition) is 1. The van der Waals surface area contributed by atoms with Gasteiger partial charge in [0.2, 0.25) is 11.5 Å². The van der Waals surface area contributed by atoms with E-state index in [0.717, 1.165) is 15.8 Å². The summed E-state index contributed by atoms with van der Waals surface area (Å²) in [5.41, 5.74) is 2.62. The van der Waals surface area contributed by atoms with Crippen LogP contribution in [0.15, 0.2) is 74.3 Å². The van der Waals surface area contributed by atoms with E-state index in [9.17, 15) is 9.59 Å². The van der Waals surface area contributed by atoms with Gasteiger partial charge in [0, 0.05) is 21.0 Å². The van der Waals surface area contributed by atoms with Gasteiger partial charge in [-0.2, -0.15) is 0 Å². The summed E-state index contributed by atoms with van der Waals surface area (Å²) in [5.74, 6) is -0.127. The number of carbonyl (C=O) groups excluding carboxylic acids is 1. The van der Waals surface area contributed by atoms with Crippen molar-refractivity contribution in [2.45, 2.75) is 18.6 Å². The van der Waals surface area contributed by atoms with Crippen molar-refractivity contribution in [1.29, 1.82) is 0 Å². The zero-order valence-electron chi connectivity index (χ0n) is 17.5. The van der Waals surface area contributed by atoms with Crippen LogP contribution in [0.2, 0.25) is 5.02 Å². The lowest BCUT2D eigenvalue weighted by atomic mass is 10.2. The summed E-state index contributed by atoms with van der Waals surface area (Å²) < 4.78 is 7.40. The van der Waals surface area contributed by atoms with Crippen LogP contribution < -0.4 is 10.9 Å². The van der Waals surface area contributed by atoms with Crippen molar-refractivity contribution in [3.8, 4) is 0 Å². The van der Waals surface area contributed by atoms with Crippen LogP contribution in [-0.2, 0) is 11.3 Å². The second kappa shape index (κ2) is 9.05. The highest BCUT2D eigenvalue weighted by Gasteiger charge is 2.19. The second-order valence-electron chi connectivity index (χ2n) is 7.44. The van der Waals surface area contributed by atoms with E-state index < -0.39 is 0 Å². The molecule has 1 amide bonds. The number of furan rings is 1. The van der Waals surface area contributed by atoms with Crippen molar-refractivity contribution in [3.63, 3.8) is 0 Å². The fraction of sp³-hybridized carbons (Fsp3) is 0.125. The third-order valence-corrected chi connectivity index (χ3v) is 7.37. The lowest BCUT2D eigenvalue weighted by Gasteiger charge is -2.11. The van der Waals surface area contributed by atoms with Crippen molar-refractivity contribution in [1.82, 2.24) is 9.55 Å². The maximum Gasteiger partial charge on any atom is 0.298 e. The maximum absolute atomic E-state index is 13.4. The fourth-order valence-corrected chi connectivity index (χ4v) is 5.12. The Morgan fingerprint density at radius 1 is 1.21 bits per heavy atom. The Kier molecular flexibility index (Phi) is 5.97. The Morgan fingerprint density at radius 2 is 2.06 bits per heavy atom. The molecule has 33 heavy (non-hydrogen) atoms. The smallest absolute Gasteiger partial charge is 0.298 e. The predicted molar refractivity (Wildman–Crippen MR) is 135 cm³/mol. The summed E-state index contributed by atoms with van der Waals surface area (Å²) in [5, 5.41) is 6.63. The molecule has 5 rings (SSSR count). The Labute approximate surface area is 202 Å². The van der Waals surface area contributed by atoms with Gasteiger partial charge >= 0.3 is 0 Å². The van der Waals surface area contributed by atoms with Gasteiger partial charge in [0.15, 0.2) is 5.16 Å². The van der Waals surface area contributed by atoms with Gasteiger partial charge in [0.25, 0.3) is 5.56 Å². The molecular weight excluding hydrogens is 478 g/mol. The first-order valence-electron chi connectivity index (χ1n) is 10.1. The average molecular weight is 496 g/mol. The van der Waals surface area contributed by atoms with Crippen LogP contribution in [0.5, 0.6) is 0 Å². The van der Waals surface area contributed by atoms with Crippen LogP contribution >= 0.6 is 34.7 Å². The number of hydrogen-bond acceptors (Lipinski definition) is 6. The third-order valence-electron chi connectivity index (χ3n) is 5.13. The highest BCUT2D eigenvalue weighted by Crippen LogP contribution is 2.28. The number of benzene rings is 2. The summed E-state index contributed by atoms with van der Waals surface area (Å²) in [6.45, 7) is 2.26. The number of anilines is 1. The van der Waals surface area contributed by atoms with Crippen molar-refractivity contribution in [2.75, 3.05) is 11.1 Å². The number of nitrogens with zero attached hydrogens (tertiary/aromatic N) is 2. The standard InChI is InChI=1S/C24H18ClN3O3S2/c1-14-8-9-15(11-18(14)25)26-20(29)13-33-24-27-21-17-6-2-3-7-19(17)31-22(21)23(30)28(24)12-16-5-4-10-32-16/h2-11H,12-13H2,1H3,(H,26,29). The quantitative estimate of drug-likeness (QED) is 0.233. The number of rotatable bonds is 6. The Hall–Kier alpha value is -3.07. The molecule has 166 valence electrons. The molecule has 1 N–H and O–H groups in total. The number of thiophene rings is 1. The summed E-state index contributed by atoms with van der Waals surface area (Å²) in [6, 6.07) is 16.7. The molecule has 3 aromatic heterocycles. The van der Waals surface area contributed by atoms with Gasteiger partial charge < -0.3 is 9.73 Å². The first-order valence-corrected chi connectivity index (χ1v) is 12.4. The van der Waals surface area contributed by atoms with E-state index in [2.05, 4.69) is 5.32 Å². The molecule has 2 aromatic carbocycles. The van der Waals surface area contributed by atoms with Crippen molar-refractivity contribution in [2.24, 2.45) is 0 Å². The number of aryl methyl sites for hydroxylation is 1. The van der Waals surface area contributed by atoms with Gasteiger partial charge in [-0.25, -0.2) is 4.98 Å². The molecule has 0 fully saturated rings. The molecule has 0 aliphatic heterocycles. The van der Waals surface area contributed by atoms with Crippen LogP contribution in [0.1, 0.15) is 10.4 Å². The minimum atomic E-state index is -0.266. The van der Waals surface area contributed by atoms with E-state index in [4.69, 9.17) is 21.0 Å². The molecule has 6 nitrogen and oxygen atoms in total. The van der Waals surface area contributed by atoms with Crippen LogP contribution in [0.4, 0.5) is 5.69 Å². The third kappa shape index (κ3) is 4.42. The zero-order chi connectivity index (χ0) is 22.9. The molecule has 0 bridgehead atoms. The molecule has 0 unspecified atom stereocenters. The summed E-state index contributed by atoms with van der Waals surface area (Å²) in [7, 11) is 0. The first kappa shape index (κ1) is 21.8. The highest BCUT2D eigenvalue weighted by molar-refractivity contribution is 7.99. The molecule has 0 aliphatic rings. The fourth-order valence-electron chi connectivity index (χ4n) is 3.46. The van der Waals surface area contributed by atoms with Gasteiger partial charge in [-0.3, -0.25) is 14.2 Å². The van der Waals surface area contributed by atoms with E-state index in [1.165, 1.54) is 11.8 Å². The van der Waals surface area contributed by atoms with Gasteiger partial charge in [0.05, 0.1) is 12.3 Å². The minimum Gasteiger partial charge on any atom is -0.448 e. The molecular formula is C24H18ClN3O3S2. The van der Waals surface area contributed by atoms with Gasteiger partial charge in [-0.15, -0.1) is 11.3 Å². The van der Waals surface area contributed by atoms with Crippen LogP contribution in [-0.4, -0.2) is 21.2 Å². The van der Waals surface area contributed by atoms with Crippen molar-refractivity contribution < 1.29 is 9.21 Å². The molecule has 0 saturated heterocycles. The summed E-state index contributed by atoms with van der Waals surface area (Å²) in [6.07, 6.45) is 0. The highest BCUT2D eigenvalue weighted by atomic mass is 35.5. The van der Waals surface area contributed by atoms with Gasteiger partial charge in [-0.1, -0.05) is 47.6 Å². The van der Waals surface area contributed by atoms with E-state index in [1.54, 1.807) is 28.0 Å². The van der Waals surface area contributed by atoms with Crippen molar-refractivity contribution in [3.05, 3.63) is 85.8 Å². The lowest BCUT2D eigenvalue weighted by Crippen LogP contribution is -2.24. The normalized spacial score (nSPS) is 11.3. The molecule has 0 atom stereocenters. The molecule has 9 heteroatoms. The second-order valence-corrected chi connectivity index (χ2v) is 9.82. The topological polar surface area (TPSA) is 77.1 Å². The Bertz CT molecular complexity index is 1540. The van der Waals surface area contributed by atoms with Gasteiger partial charge in [0.1, 0.15) is 11.1 Å². The van der Waals surface area contributed by atoms with Crippen LogP contribution in [0.25, 0.3) is 22.1 Å². The lowest BCUT2D eigenvalue weighted by molar-refractivity contribution is -0.113. The minimum absolute atomic E-state index is 0.0870. The number of carbonyl (C=O) groups is 1. The van der Waals surface area contributed by atoms with Crippen molar-refractivity contribution >= 4 is 68.4 Å².